The highest BCUT2D eigenvalue weighted by Crippen LogP contribution is 2.33. The van der Waals surface area contributed by atoms with E-state index in [9.17, 15) is 13.6 Å². The third-order valence-corrected chi connectivity index (χ3v) is 5.08. The first kappa shape index (κ1) is 24.8. The Bertz CT molecular complexity index is 1370. The van der Waals surface area contributed by atoms with Crippen molar-refractivity contribution in [2.45, 2.75) is 19.3 Å². The summed E-state index contributed by atoms with van der Waals surface area (Å²) in [5.74, 6) is -2.06. The molecule has 0 aliphatic carbocycles. The number of halogens is 2. The molecule has 0 aliphatic rings. The number of hydrogen-bond donors (Lipinski definition) is 2. The maximum atomic E-state index is 13.3. The van der Waals surface area contributed by atoms with Crippen LogP contribution < -0.4 is 20.1 Å². The second kappa shape index (κ2) is 10.5. The average molecular weight is 499 g/mol. The van der Waals surface area contributed by atoms with Crippen LogP contribution in [0.5, 0.6) is 17.4 Å². The Morgan fingerprint density at radius 2 is 1.94 bits per heavy atom. The van der Waals surface area contributed by atoms with Gasteiger partial charge in [-0.1, -0.05) is 11.2 Å². The Kier molecular flexibility index (Phi) is 7.25. The van der Waals surface area contributed by atoms with Crippen molar-refractivity contribution in [3.63, 3.8) is 0 Å². The zero-order valence-corrected chi connectivity index (χ0v) is 19.7. The lowest BCUT2D eigenvalue weighted by molar-refractivity contribution is 0.00974. The monoisotopic (exact) mass is 499 g/mol. The molecule has 2 heterocycles. The number of ether oxygens (including phenoxy) is 3. The Labute approximate surface area is 204 Å². The Hall–Kier alpha value is -4.32. The molecule has 10 nitrogen and oxygen atoms in total. The number of carbonyl (C=O) groups excluding carboxylic acids is 1. The number of carbonyl (C=O) groups is 1. The van der Waals surface area contributed by atoms with Crippen LogP contribution in [0.3, 0.4) is 0 Å². The zero-order valence-electron chi connectivity index (χ0n) is 19.7. The van der Waals surface area contributed by atoms with Crippen LogP contribution in [0.25, 0.3) is 10.9 Å². The van der Waals surface area contributed by atoms with Gasteiger partial charge in [-0.05, 0) is 36.2 Å². The normalized spacial score (nSPS) is 11.4. The van der Waals surface area contributed by atoms with Gasteiger partial charge in [0.15, 0.2) is 5.69 Å². The minimum Gasteiger partial charge on any atom is -0.496 e. The number of urea groups is 1. The van der Waals surface area contributed by atoms with Gasteiger partial charge in [0.1, 0.15) is 17.8 Å². The number of rotatable bonds is 9. The van der Waals surface area contributed by atoms with E-state index >= 15 is 0 Å². The highest BCUT2D eigenvalue weighted by Gasteiger charge is 2.29. The number of benzene rings is 2. The molecule has 2 amide bonds. The molecule has 0 spiro atoms. The fraction of sp³-hybridized carbons (Fsp3) is 0.250. The summed E-state index contributed by atoms with van der Waals surface area (Å²) in [6, 6.07) is 10.5. The predicted octanol–water partition coefficient (Wildman–Crippen LogP) is 5.36. The minimum atomic E-state index is -3.19. The second-order valence-corrected chi connectivity index (χ2v) is 7.78. The SMILES string of the molecule is COCCc1cc2ncnc(Oc3cccc(NC(=O)Nc4cc(C(C)(F)F)no4)c3)c2cc1OC. The Morgan fingerprint density at radius 1 is 1.11 bits per heavy atom. The summed E-state index contributed by atoms with van der Waals surface area (Å²) < 4.78 is 48.0. The molecule has 0 saturated carbocycles. The third kappa shape index (κ3) is 5.84. The molecule has 12 heteroatoms. The molecule has 188 valence electrons. The fourth-order valence-electron chi connectivity index (χ4n) is 3.35. The van der Waals surface area contributed by atoms with E-state index in [1.807, 2.05) is 6.07 Å². The van der Waals surface area contributed by atoms with Crippen LogP contribution in [0.1, 0.15) is 18.2 Å². The number of fused-ring (bicyclic) bond motifs is 1. The predicted molar refractivity (Wildman–Crippen MR) is 127 cm³/mol. The zero-order chi connectivity index (χ0) is 25.7. The van der Waals surface area contributed by atoms with Crippen LogP contribution in [0.15, 0.2) is 53.3 Å². The van der Waals surface area contributed by atoms with Crippen molar-refractivity contribution in [3.8, 4) is 17.4 Å². The molecule has 0 saturated heterocycles. The van der Waals surface area contributed by atoms with Crippen molar-refractivity contribution in [1.82, 2.24) is 15.1 Å². The third-order valence-electron chi connectivity index (χ3n) is 5.08. The van der Waals surface area contributed by atoms with Crippen LogP contribution in [-0.4, -0.2) is 42.0 Å². The first-order valence-corrected chi connectivity index (χ1v) is 10.8. The first-order chi connectivity index (χ1) is 17.3. The van der Waals surface area contributed by atoms with Crippen molar-refractivity contribution in [2.24, 2.45) is 0 Å². The quantitative estimate of drug-likeness (QED) is 0.316. The van der Waals surface area contributed by atoms with E-state index in [0.717, 1.165) is 11.6 Å². The summed E-state index contributed by atoms with van der Waals surface area (Å²) in [6.07, 6.45) is 2.05. The van der Waals surface area contributed by atoms with Crippen molar-refractivity contribution in [1.29, 1.82) is 0 Å². The number of nitrogens with zero attached hydrogens (tertiary/aromatic N) is 3. The van der Waals surface area contributed by atoms with Gasteiger partial charge in [0.25, 0.3) is 5.92 Å². The summed E-state index contributed by atoms with van der Waals surface area (Å²) in [7, 11) is 3.21. The van der Waals surface area contributed by atoms with E-state index in [4.69, 9.17) is 18.7 Å². The average Bonchev–Trinajstić information content (AvgIpc) is 3.31. The first-order valence-electron chi connectivity index (χ1n) is 10.8. The maximum Gasteiger partial charge on any atom is 0.326 e. The van der Waals surface area contributed by atoms with Crippen LogP contribution >= 0.6 is 0 Å². The van der Waals surface area contributed by atoms with E-state index in [2.05, 4.69) is 25.8 Å². The van der Waals surface area contributed by atoms with Crippen molar-refractivity contribution < 1.29 is 32.3 Å². The summed E-state index contributed by atoms with van der Waals surface area (Å²) in [4.78, 5) is 20.9. The minimum absolute atomic E-state index is 0.220. The number of alkyl halides is 2. The Morgan fingerprint density at radius 3 is 2.67 bits per heavy atom. The highest BCUT2D eigenvalue weighted by atomic mass is 19.3. The molecule has 2 aromatic carbocycles. The number of anilines is 2. The number of amides is 2. The van der Waals surface area contributed by atoms with E-state index in [1.54, 1.807) is 44.6 Å². The Balaban J connectivity index is 1.50. The van der Waals surface area contributed by atoms with E-state index in [1.165, 1.54) is 6.33 Å². The lowest BCUT2D eigenvalue weighted by atomic mass is 10.1. The topological polar surface area (TPSA) is 121 Å². The molecule has 0 radical (unpaired) electrons. The number of aromatic nitrogens is 3. The molecule has 0 fully saturated rings. The lowest BCUT2D eigenvalue weighted by Gasteiger charge is -2.13. The number of methoxy groups -OCH3 is 2. The van der Waals surface area contributed by atoms with Gasteiger partial charge in [-0.2, -0.15) is 8.78 Å². The highest BCUT2D eigenvalue weighted by molar-refractivity contribution is 5.99. The largest absolute Gasteiger partial charge is 0.496 e. The lowest BCUT2D eigenvalue weighted by Crippen LogP contribution is -2.19. The van der Waals surface area contributed by atoms with Crippen LogP contribution in [0.2, 0.25) is 0 Å². The van der Waals surface area contributed by atoms with Gasteiger partial charge in [0, 0.05) is 31.9 Å². The molecule has 0 unspecified atom stereocenters. The van der Waals surface area contributed by atoms with Gasteiger partial charge >= 0.3 is 6.03 Å². The molecule has 2 N–H and O–H groups in total. The van der Waals surface area contributed by atoms with Crippen LogP contribution in [0.4, 0.5) is 25.1 Å². The molecule has 0 atom stereocenters. The van der Waals surface area contributed by atoms with Gasteiger partial charge in [0.05, 0.1) is 24.6 Å². The van der Waals surface area contributed by atoms with Crippen molar-refractivity contribution in [3.05, 3.63) is 60.0 Å². The van der Waals surface area contributed by atoms with Crippen molar-refractivity contribution >= 4 is 28.5 Å². The molecular weight excluding hydrogens is 476 g/mol. The van der Waals surface area contributed by atoms with E-state index in [-0.39, 0.29) is 5.88 Å². The van der Waals surface area contributed by atoms with Gasteiger partial charge in [-0.15, -0.1) is 0 Å². The molecule has 4 aromatic rings. The van der Waals surface area contributed by atoms with Gasteiger partial charge in [0.2, 0.25) is 11.8 Å². The summed E-state index contributed by atoms with van der Waals surface area (Å²) >= 11 is 0. The number of hydrogen-bond acceptors (Lipinski definition) is 8. The smallest absolute Gasteiger partial charge is 0.326 e. The van der Waals surface area contributed by atoms with Gasteiger partial charge in [-0.25, -0.2) is 14.8 Å². The maximum absolute atomic E-state index is 13.3. The fourth-order valence-corrected chi connectivity index (χ4v) is 3.35. The van der Waals surface area contributed by atoms with E-state index < -0.39 is 17.6 Å². The van der Waals surface area contributed by atoms with Gasteiger partial charge < -0.3 is 24.1 Å². The second-order valence-electron chi connectivity index (χ2n) is 7.78. The summed E-state index contributed by atoms with van der Waals surface area (Å²) in [5, 5.41) is 8.78. The van der Waals surface area contributed by atoms with Crippen LogP contribution in [0, 0.1) is 0 Å². The molecule has 2 aromatic heterocycles. The molecule has 4 rings (SSSR count). The molecule has 0 bridgehead atoms. The summed E-state index contributed by atoms with van der Waals surface area (Å²) in [5.41, 5.74) is 1.40. The van der Waals surface area contributed by atoms with Gasteiger partial charge in [-0.3, -0.25) is 5.32 Å². The van der Waals surface area contributed by atoms with E-state index in [0.29, 0.717) is 53.9 Å². The van der Waals surface area contributed by atoms with Crippen LogP contribution in [-0.2, 0) is 17.1 Å². The van der Waals surface area contributed by atoms with Crippen molar-refractivity contribution in [2.75, 3.05) is 31.5 Å². The molecular formula is C24H23F2N5O5. The molecule has 36 heavy (non-hydrogen) atoms. The summed E-state index contributed by atoms with van der Waals surface area (Å²) in [6.45, 7) is 1.21. The molecule has 0 aliphatic heterocycles. The standard InChI is InChI=1S/C24H23F2N5O5/c1-24(25,26)20-12-21(36-31-20)30-23(32)29-15-5-4-6-16(10-15)35-22-17-11-19(34-3)14(7-8-33-2)9-18(17)27-13-28-22/h4-6,9-13H,7-8H2,1-3H3,(H2,29,30,32). The number of nitrogens with one attached hydrogen (secondary N) is 2.